The number of amides is 3. The number of esters is 1. The van der Waals surface area contributed by atoms with Crippen molar-refractivity contribution >= 4 is 57.6 Å². The first-order chi connectivity index (χ1) is 13.3. The van der Waals surface area contributed by atoms with Crippen LogP contribution in [0.15, 0.2) is 54.6 Å². The molecule has 0 aliphatic rings. The summed E-state index contributed by atoms with van der Waals surface area (Å²) in [6.07, 6.45) is 0. The van der Waals surface area contributed by atoms with Crippen LogP contribution in [0.4, 0.5) is 10.5 Å². The summed E-state index contributed by atoms with van der Waals surface area (Å²) in [5.41, 5.74) is 0.623. The Labute approximate surface area is 170 Å². The average Bonchev–Trinajstić information content (AvgIpc) is 2.63. The summed E-state index contributed by atoms with van der Waals surface area (Å²) in [5, 5.41) is 6.95. The number of fused-ring (bicyclic) bond motifs is 1. The molecule has 8 heteroatoms. The Bertz CT molecular complexity index is 1100. The molecule has 3 rings (SSSR count). The number of urea groups is 1. The second-order valence-electron chi connectivity index (χ2n) is 5.85. The van der Waals surface area contributed by atoms with Gasteiger partial charge in [-0.25, -0.2) is 4.79 Å². The number of hydrogen-bond donors (Lipinski definition) is 2. The molecule has 3 aromatic rings. The van der Waals surface area contributed by atoms with E-state index in [4.69, 9.17) is 27.9 Å². The van der Waals surface area contributed by atoms with E-state index in [1.54, 1.807) is 42.5 Å². The Hall–Kier alpha value is -3.09. The van der Waals surface area contributed by atoms with E-state index in [2.05, 4.69) is 10.6 Å². The number of nitrogens with one attached hydrogen (secondary N) is 2. The van der Waals surface area contributed by atoms with Crippen LogP contribution in [0.5, 0.6) is 5.75 Å². The van der Waals surface area contributed by atoms with Crippen LogP contribution >= 0.6 is 23.2 Å². The molecule has 0 spiro atoms. The number of carbonyl (C=O) groups is 3. The lowest BCUT2D eigenvalue weighted by Gasteiger charge is -2.09. The summed E-state index contributed by atoms with van der Waals surface area (Å²) in [5.74, 6) is -0.577. The maximum absolute atomic E-state index is 12.3. The van der Waals surface area contributed by atoms with Gasteiger partial charge in [-0.2, -0.15) is 0 Å². The average molecular weight is 417 g/mol. The number of imide groups is 1. The third kappa shape index (κ3) is 4.79. The zero-order chi connectivity index (χ0) is 20.3. The van der Waals surface area contributed by atoms with Crippen LogP contribution in [-0.4, -0.2) is 17.9 Å². The first kappa shape index (κ1) is 19.7. The van der Waals surface area contributed by atoms with Crippen molar-refractivity contribution in [2.75, 3.05) is 5.32 Å². The fraction of sp³-hybridized carbons (Fsp3) is 0.0500. The fourth-order valence-corrected chi connectivity index (χ4v) is 2.97. The zero-order valence-corrected chi connectivity index (χ0v) is 16.1. The van der Waals surface area contributed by atoms with Crippen LogP contribution in [-0.2, 0) is 4.79 Å². The van der Waals surface area contributed by atoms with E-state index in [0.717, 1.165) is 10.8 Å². The Morgan fingerprint density at radius 3 is 2.32 bits per heavy atom. The molecule has 2 N–H and O–H groups in total. The van der Waals surface area contributed by atoms with Crippen molar-refractivity contribution in [3.8, 4) is 5.75 Å². The fourth-order valence-electron chi connectivity index (χ4n) is 2.51. The Kier molecular flexibility index (Phi) is 5.82. The minimum absolute atomic E-state index is 0.254. The highest BCUT2D eigenvalue weighted by molar-refractivity contribution is 6.36. The van der Waals surface area contributed by atoms with Gasteiger partial charge in [0.1, 0.15) is 5.75 Å². The number of anilines is 1. The van der Waals surface area contributed by atoms with E-state index >= 15 is 0 Å². The van der Waals surface area contributed by atoms with E-state index < -0.39 is 17.9 Å². The van der Waals surface area contributed by atoms with Crippen LogP contribution in [0.25, 0.3) is 10.8 Å². The number of carbonyl (C=O) groups excluding carboxylic acids is 3. The minimum Gasteiger partial charge on any atom is -0.427 e. The third-order valence-electron chi connectivity index (χ3n) is 3.74. The molecular weight excluding hydrogens is 403 g/mol. The van der Waals surface area contributed by atoms with Gasteiger partial charge in [0.25, 0.3) is 5.91 Å². The molecule has 6 nitrogen and oxygen atoms in total. The van der Waals surface area contributed by atoms with Gasteiger partial charge in [0, 0.05) is 17.5 Å². The molecule has 0 aromatic heterocycles. The van der Waals surface area contributed by atoms with E-state index in [1.165, 1.54) is 19.1 Å². The molecule has 0 heterocycles. The van der Waals surface area contributed by atoms with E-state index in [-0.39, 0.29) is 5.02 Å². The monoisotopic (exact) mass is 416 g/mol. The quantitative estimate of drug-likeness (QED) is 0.462. The molecule has 0 aliphatic carbocycles. The summed E-state index contributed by atoms with van der Waals surface area (Å²) >= 11 is 11.8. The SMILES string of the molecule is CC(=O)Oc1ccc2cc(C(=O)NC(=O)Nc3ccc(Cl)cc3Cl)ccc2c1. The predicted molar refractivity (Wildman–Crippen MR) is 108 cm³/mol. The van der Waals surface area contributed by atoms with Gasteiger partial charge >= 0.3 is 12.0 Å². The first-order valence-corrected chi connectivity index (χ1v) is 8.87. The molecule has 0 aliphatic heterocycles. The second kappa shape index (κ2) is 8.29. The van der Waals surface area contributed by atoms with Crippen molar-refractivity contribution in [2.24, 2.45) is 0 Å². The lowest BCUT2D eigenvalue weighted by molar-refractivity contribution is -0.131. The normalized spacial score (nSPS) is 10.4. The molecule has 0 unspecified atom stereocenters. The number of hydrogen-bond acceptors (Lipinski definition) is 4. The molecule has 28 heavy (non-hydrogen) atoms. The van der Waals surface area contributed by atoms with Gasteiger partial charge in [-0.15, -0.1) is 0 Å². The van der Waals surface area contributed by atoms with Crippen molar-refractivity contribution in [1.29, 1.82) is 0 Å². The lowest BCUT2D eigenvalue weighted by Crippen LogP contribution is -2.34. The molecule has 0 bridgehead atoms. The van der Waals surface area contributed by atoms with Gasteiger partial charge in [0.15, 0.2) is 0 Å². The largest absolute Gasteiger partial charge is 0.427 e. The van der Waals surface area contributed by atoms with Crippen LogP contribution < -0.4 is 15.4 Å². The van der Waals surface area contributed by atoms with Crippen LogP contribution in [0.3, 0.4) is 0 Å². The number of halogens is 2. The molecule has 142 valence electrons. The van der Waals surface area contributed by atoms with Crippen LogP contribution in [0.2, 0.25) is 10.0 Å². The lowest BCUT2D eigenvalue weighted by atomic mass is 10.1. The number of benzene rings is 3. The molecule has 0 radical (unpaired) electrons. The van der Waals surface area contributed by atoms with Crippen molar-refractivity contribution in [3.63, 3.8) is 0 Å². The third-order valence-corrected chi connectivity index (χ3v) is 4.29. The highest BCUT2D eigenvalue weighted by atomic mass is 35.5. The van der Waals surface area contributed by atoms with E-state index in [1.807, 2.05) is 0 Å². The molecule has 0 atom stereocenters. The highest BCUT2D eigenvalue weighted by Crippen LogP contribution is 2.25. The van der Waals surface area contributed by atoms with Crippen molar-refractivity contribution in [1.82, 2.24) is 5.32 Å². The standard InChI is InChI=1S/C20H14Cl2N2O4/c1-11(25)28-16-6-4-12-8-14(3-2-13(12)9-16)19(26)24-20(27)23-18-7-5-15(21)10-17(18)22/h2-10H,1H3,(H2,23,24,26,27). The summed E-state index contributed by atoms with van der Waals surface area (Å²) in [6, 6.07) is 13.8. The Morgan fingerprint density at radius 1 is 0.893 bits per heavy atom. The molecule has 0 saturated heterocycles. The van der Waals surface area contributed by atoms with E-state index in [9.17, 15) is 14.4 Å². The van der Waals surface area contributed by atoms with Gasteiger partial charge in [-0.1, -0.05) is 35.3 Å². The van der Waals surface area contributed by atoms with Crippen molar-refractivity contribution < 1.29 is 19.1 Å². The zero-order valence-electron chi connectivity index (χ0n) is 14.6. The topological polar surface area (TPSA) is 84.5 Å². The number of ether oxygens (including phenoxy) is 1. The van der Waals surface area contributed by atoms with Gasteiger partial charge in [-0.3, -0.25) is 14.9 Å². The summed E-state index contributed by atoms with van der Waals surface area (Å²) < 4.78 is 5.04. The van der Waals surface area contributed by atoms with Crippen molar-refractivity contribution in [2.45, 2.75) is 6.92 Å². The maximum atomic E-state index is 12.3. The smallest absolute Gasteiger partial charge is 0.326 e. The second-order valence-corrected chi connectivity index (χ2v) is 6.69. The Balaban J connectivity index is 1.71. The van der Waals surface area contributed by atoms with Gasteiger partial charge in [0.2, 0.25) is 0 Å². The van der Waals surface area contributed by atoms with Gasteiger partial charge in [0.05, 0.1) is 10.7 Å². The van der Waals surface area contributed by atoms with Crippen molar-refractivity contribution in [3.05, 3.63) is 70.2 Å². The molecule has 0 saturated carbocycles. The first-order valence-electron chi connectivity index (χ1n) is 8.11. The number of rotatable bonds is 3. The van der Waals surface area contributed by atoms with E-state index in [0.29, 0.717) is 22.0 Å². The Morgan fingerprint density at radius 2 is 1.61 bits per heavy atom. The molecule has 3 aromatic carbocycles. The molecular formula is C20H14Cl2N2O4. The van der Waals surface area contributed by atoms with Crippen LogP contribution in [0.1, 0.15) is 17.3 Å². The maximum Gasteiger partial charge on any atom is 0.326 e. The highest BCUT2D eigenvalue weighted by Gasteiger charge is 2.13. The van der Waals surface area contributed by atoms with Gasteiger partial charge < -0.3 is 10.1 Å². The summed E-state index contributed by atoms with van der Waals surface area (Å²) in [6.45, 7) is 1.32. The predicted octanol–water partition coefficient (Wildman–Crippen LogP) is 5.03. The molecule has 3 amide bonds. The van der Waals surface area contributed by atoms with Gasteiger partial charge in [-0.05, 0) is 53.2 Å². The minimum atomic E-state index is -0.723. The summed E-state index contributed by atoms with van der Waals surface area (Å²) in [4.78, 5) is 35.4. The van der Waals surface area contributed by atoms with Crippen LogP contribution in [0, 0.1) is 0 Å². The summed E-state index contributed by atoms with van der Waals surface area (Å²) in [7, 11) is 0. The molecule has 0 fully saturated rings.